The number of nitriles is 1. The van der Waals surface area contributed by atoms with Crippen LogP contribution in [0.5, 0.6) is 0 Å². The number of aryl methyl sites for hydroxylation is 1. The Morgan fingerprint density at radius 3 is 2.66 bits per heavy atom. The molecule has 0 atom stereocenters. The van der Waals surface area contributed by atoms with Gasteiger partial charge in [-0.15, -0.1) is 0 Å². The molecule has 0 saturated carbocycles. The smallest absolute Gasteiger partial charge is 0.338 e. The van der Waals surface area contributed by atoms with Gasteiger partial charge < -0.3 is 10.1 Å². The van der Waals surface area contributed by atoms with Crippen molar-refractivity contribution in [3.63, 3.8) is 0 Å². The normalized spacial score (nSPS) is 10.2. The fourth-order valence-electron chi connectivity index (χ4n) is 2.74. The van der Waals surface area contributed by atoms with Gasteiger partial charge in [0.25, 0.3) is 0 Å². The summed E-state index contributed by atoms with van der Waals surface area (Å²) in [5.74, 6) is 0.0470. The zero-order valence-electron chi connectivity index (χ0n) is 16.2. The first-order chi connectivity index (χ1) is 14.1. The fourth-order valence-corrected chi connectivity index (χ4v) is 3.10. The van der Waals surface area contributed by atoms with Crippen LogP contribution < -0.4 is 5.32 Å². The monoisotopic (exact) mass is 404 g/mol. The van der Waals surface area contributed by atoms with Crippen LogP contribution in [0, 0.1) is 18.3 Å². The Balaban J connectivity index is 1.72. The lowest BCUT2D eigenvalue weighted by molar-refractivity contribution is 0.0520. The van der Waals surface area contributed by atoms with Gasteiger partial charge >= 0.3 is 5.97 Å². The minimum absolute atomic E-state index is 0.150. The highest BCUT2D eigenvalue weighted by atomic mass is 32.2. The summed E-state index contributed by atoms with van der Waals surface area (Å²) in [5.41, 5.74) is 3.29. The summed E-state index contributed by atoms with van der Waals surface area (Å²) in [6.07, 6.45) is 1.88. The molecule has 29 heavy (non-hydrogen) atoms. The van der Waals surface area contributed by atoms with Gasteiger partial charge in [0.1, 0.15) is 24.1 Å². The number of carbonyl (C=O) groups is 1. The molecule has 6 nitrogen and oxygen atoms in total. The molecule has 3 rings (SSSR count). The largest absolute Gasteiger partial charge is 0.460 e. The van der Waals surface area contributed by atoms with Gasteiger partial charge in [-0.3, -0.25) is 0 Å². The molecule has 0 saturated heterocycles. The molecule has 3 aromatic rings. The number of thioether (sulfide) groups is 1. The maximum absolute atomic E-state index is 12.1. The van der Waals surface area contributed by atoms with Gasteiger partial charge in [0.05, 0.1) is 17.8 Å². The third-order valence-electron chi connectivity index (χ3n) is 4.11. The van der Waals surface area contributed by atoms with Crippen molar-refractivity contribution in [2.24, 2.45) is 0 Å². The Bertz CT molecular complexity index is 1050. The highest BCUT2D eigenvalue weighted by molar-refractivity contribution is 7.98. The van der Waals surface area contributed by atoms with Crippen LogP contribution in [0.1, 0.15) is 21.5 Å². The van der Waals surface area contributed by atoms with E-state index in [1.54, 1.807) is 12.1 Å². The zero-order valence-corrected chi connectivity index (χ0v) is 17.0. The number of hydrogen-bond donors (Lipinski definition) is 1. The van der Waals surface area contributed by atoms with Crippen molar-refractivity contribution in [2.45, 2.75) is 12.1 Å². The molecule has 0 aliphatic rings. The molecule has 2 aromatic carbocycles. The van der Waals surface area contributed by atoms with Crippen LogP contribution in [0.4, 0.5) is 5.82 Å². The summed E-state index contributed by atoms with van der Waals surface area (Å²) in [5, 5.41) is 13.3. The molecule has 0 unspecified atom stereocenters. The van der Waals surface area contributed by atoms with Crippen LogP contribution >= 0.6 is 11.8 Å². The molecule has 0 bridgehead atoms. The third-order valence-corrected chi connectivity index (χ3v) is 4.66. The van der Waals surface area contributed by atoms with E-state index in [0.717, 1.165) is 11.1 Å². The maximum atomic E-state index is 12.1. The van der Waals surface area contributed by atoms with E-state index in [1.165, 1.54) is 11.8 Å². The molecular weight excluding hydrogens is 384 g/mol. The second kappa shape index (κ2) is 9.71. The van der Waals surface area contributed by atoms with E-state index in [0.29, 0.717) is 34.3 Å². The van der Waals surface area contributed by atoms with Gasteiger partial charge in [-0.25, -0.2) is 14.8 Å². The van der Waals surface area contributed by atoms with Crippen molar-refractivity contribution in [1.29, 1.82) is 5.26 Å². The van der Waals surface area contributed by atoms with E-state index >= 15 is 0 Å². The van der Waals surface area contributed by atoms with E-state index < -0.39 is 0 Å². The average molecular weight is 404 g/mol. The van der Waals surface area contributed by atoms with E-state index in [-0.39, 0.29) is 12.6 Å². The Morgan fingerprint density at radius 1 is 1.17 bits per heavy atom. The molecule has 1 aromatic heterocycles. The lowest BCUT2D eigenvalue weighted by Crippen LogP contribution is -2.16. The molecule has 0 aliphatic heterocycles. The number of benzene rings is 2. The Kier molecular flexibility index (Phi) is 6.82. The second-order valence-corrected chi connectivity index (χ2v) is 6.97. The lowest BCUT2D eigenvalue weighted by Gasteiger charge is -2.12. The molecule has 0 fully saturated rings. The van der Waals surface area contributed by atoms with Crippen molar-refractivity contribution in [3.05, 3.63) is 71.3 Å². The van der Waals surface area contributed by atoms with Crippen LogP contribution in [0.3, 0.4) is 0 Å². The molecule has 0 radical (unpaired) electrons. The predicted octanol–water partition coefficient (Wildman–Crippen LogP) is 4.31. The van der Waals surface area contributed by atoms with Crippen LogP contribution in [0.15, 0.2) is 59.8 Å². The van der Waals surface area contributed by atoms with Crippen molar-refractivity contribution in [3.8, 4) is 17.3 Å². The van der Waals surface area contributed by atoms with Crippen LogP contribution in [0.25, 0.3) is 11.3 Å². The van der Waals surface area contributed by atoms with Crippen molar-refractivity contribution >= 4 is 23.5 Å². The van der Waals surface area contributed by atoms with Crippen LogP contribution in [-0.2, 0) is 4.74 Å². The molecular formula is C22H20N4O2S. The molecule has 1 N–H and O–H groups in total. The van der Waals surface area contributed by atoms with Gasteiger partial charge in [0.2, 0.25) is 0 Å². The Hall–Kier alpha value is -3.37. The minimum atomic E-state index is -0.381. The van der Waals surface area contributed by atoms with Gasteiger partial charge in [-0.2, -0.15) is 5.26 Å². The van der Waals surface area contributed by atoms with Crippen molar-refractivity contribution in [2.75, 3.05) is 24.7 Å². The molecule has 0 aliphatic carbocycles. The molecule has 0 amide bonds. The number of carbonyl (C=O) groups excluding carboxylic acids is 1. The van der Waals surface area contributed by atoms with E-state index in [4.69, 9.17) is 4.74 Å². The minimum Gasteiger partial charge on any atom is -0.460 e. The summed E-state index contributed by atoms with van der Waals surface area (Å²) in [6.45, 7) is 2.40. The number of nitrogens with zero attached hydrogens (tertiary/aromatic N) is 3. The summed E-state index contributed by atoms with van der Waals surface area (Å²) < 4.78 is 5.32. The second-order valence-electron chi connectivity index (χ2n) is 6.19. The van der Waals surface area contributed by atoms with Crippen molar-refractivity contribution in [1.82, 2.24) is 9.97 Å². The van der Waals surface area contributed by atoms with Gasteiger partial charge in [0.15, 0.2) is 5.16 Å². The number of rotatable bonds is 7. The van der Waals surface area contributed by atoms with Crippen LogP contribution in [-0.4, -0.2) is 35.3 Å². The standard InChI is InChI=1S/C22H20N4O2S/c1-15-7-6-10-17(13-15)21(27)28-12-11-24-20-18(14-23)19(25-22(26-20)29-2)16-8-4-3-5-9-16/h3-10,13H,11-12H2,1-2H3,(H,24,25,26). The summed E-state index contributed by atoms with van der Waals surface area (Å²) in [6, 6.07) is 18.9. The topological polar surface area (TPSA) is 87.9 Å². The molecule has 146 valence electrons. The van der Waals surface area contributed by atoms with E-state index in [2.05, 4.69) is 21.4 Å². The number of anilines is 1. The molecule has 0 spiro atoms. The van der Waals surface area contributed by atoms with Gasteiger partial charge in [-0.1, -0.05) is 59.8 Å². The van der Waals surface area contributed by atoms with Gasteiger partial charge in [-0.05, 0) is 25.3 Å². The summed E-state index contributed by atoms with van der Waals surface area (Å²) in [4.78, 5) is 21.1. The first-order valence-electron chi connectivity index (χ1n) is 9.01. The van der Waals surface area contributed by atoms with E-state index in [1.807, 2.05) is 55.6 Å². The summed E-state index contributed by atoms with van der Waals surface area (Å²) in [7, 11) is 0. The average Bonchev–Trinajstić information content (AvgIpc) is 2.76. The summed E-state index contributed by atoms with van der Waals surface area (Å²) >= 11 is 1.40. The lowest BCUT2D eigenvalue weighted by atomic mass is 10.1. The number of aromatic nitrogens is 2. The number of nitrogens with one attached hydrogen (secondary N) is 1. The zero-order chi connectivity index (χ0) is 20.6. The van der Waals surface area contributed by atoms with E-state index in [9.17, 15) is 10.1 Å². The van der Waals surface area contributed by atoms with Gasteiger partial charge in [0, 0.05) is 5.56 Å². The number of hydrogen-bond acceptors (Lipinski definition) is 7. The predicted molar refractivity (Wildman–Crippen MR) is 114 cm³/mol. The Labute approximate surface area is 174 Å². The molecule has 7 heteroatoms. The fraction of sp³-hybridized carbons (Fsp3) is 0.182. The molecule has 1 heterocycles. The third kappa shape index (κ3) is 5.12. The maximum Gasteiger partial charge on any atom is 0.338 e. The first kappa shape index (κ1) is 20.4. The SMILES string of the molecule is CSc1nc(NCCOC(=O)c2cccc(C)c2)c(C#N)c(-c2ccccc2)n1. The first-order valence-corrected chi connectivity index (χ1v) is 10.2. The quantitative estimate of drug-likeness (QED) is 0.272. The number of esters is 1. The number of ether oxygens (including phenoxy) is 1. The van der Waals surface area contributed by atoms with Crippen molar-refractivity contribution < 1.29 is 9.53 Å². The van der Waals surface area contributed by atoms with Crippen LogP contribution in [0.2, 0.25) is 0 Å². The highest BCUT2D eigenvalue weighted by Gasteiger charge is 2.16. The Morgan fingerprint density at radius 2 is 1.97 bits per heavy atom. The highest BCUT2D eigenvalue weighted by Crippen LogP contribution is 2.28.